The highest BCUT2D eigenvalue weighted by molar-refractivity contribution is 5.06. The van der Waals surface area contributed by atoms with Gasteiger partial charge in [0.05, 0.1) is 50.5 Å². The number of hydrogen-bond acceptors (Lipinski definition) is 6. The largest absolute Gasteiger partial charge is 0.273 e. The van der Waals surface area contributed by atoms with Crippen molar-refractivity contribution in [3.8, 4) is 24.3 Å². The van der Waals surface area contributed by atoms with Crippen molar-refractivity contribution in [1.29, 1.82) is 21.0 Å². The van der Waals surface area contributed by atoms with Crippen LogP contribution in [0.25, 0.3) is 0 Å². The fraction of sp³-hybridized carbons (Fsp3) is 0.571. The molecule has 1 rings (SSSR count). The Morgan fingerprint density at radius 3 is 1.25 bits per heavy atom. The lowest BCUT2D eigenvalue weighted by Gasteiger charge is -2.40. The molecule has 20 heavy (non-hydrogen) atoms. The van der Waals surface area contributed by atoms with E-state index in [0.717, 1.165) is 12.8 Å². The van der Waals surface area contributed by atoms with E-state index in [-0.39, 0.29) is 38.3 Å². The molecule has 2 atom stereocenters. The number of rotatable bonds is 6. The van der Waals surface area contributed by atoms with Gasteiger partial charge in [0, 0.05) is 12.1 Å². The number of hydrogen-bond donors (Lipinski definition) is 0. The average Bonchev–Trinajstić information content (AvgIpc) is 2.47. The predicted octanol–water partition coefficient (Wildman–Crippen LogP) is 0.772. The molecule has 0 fully saturated rings. The fourth-order valence-corrected chi connectivity index (χ4v) is 2.51. The van der Waals surface area contributed by atoms with Crippen LogP contribution >= 0.6 is 0 Å². The van der Waals surface area contributed by atoms with Gasteiger partial charge in [0.25, 0.3) is 0 Å². The van der Waals surface area contributed by atoms with E-state index >= 15 is 0 Å². The summed E-state index contributed by atoms with van der Waals surface area (Å²) in [5, 5.41) is 35.6. The van der Waals surface area contributed by atoms with Gasteiger partial charge in [-0.25, -0.2) is 0 Å². The molecule has 0 radical (unpaired) electrons. The Hall–Kier alpha value is -2.38. The number of nitriles is 4. The summed E-state index contributed by atoms with van der Waals surface area (Å²) >= 11 is 0. The highest BCUT2D eigenvalue weighted by Gasteiger charge is 2.32. The van der Waals surface area contributed by atoms with Gasteiger partial charge in [-0.1, -0.05) is 12.2 Å². The van der Waals surface area contributed by atoms with E-state index in [1.165, 1.54) is 0 Å². The molecule has 6 heteroatoms. The Balaban J connectivity index is 2.93. The van der Waals surface area contributed by atoms with E-state index in [2.05, 4.69) is 24.3 Å². The van der Waals surface area contributed by atoms with Crippen LogP contribution in [-0.2, 0) is 0 Å². The Morgan fingerprint density at radius 1 is 0.700 bits per heavy atom. The molecule has 6 nitrogen and oxygen atoms in total. The van der Waals surface area contributed by atoms with Crippen LogP contribution in [0.4, 0.5) is 0 Å². The average molecular weight is 268 g/mol. The molecule has 1 aliphatic carbocycles. The van der Waals surface area contributed by atoms with Crippen molar-refractivity contribution in [2.75, 3.05) is 26.2 Å². The molecule has 102 valence electrons. The van der Waals surface area contributed by atoms with Gasteiger partial charge in [-0.05, 0) is 12.8 Å². The number of nitrogens with zero attached hydrogens (tertiary/aromatic N) is 6. The van der Waals surface area contributed by atoms with Crippen LogP contribution in [0, 0.1) is 45.3 Å². The molecular weight excluding hydrogens is 252 g/mol. The standard InChI is InChI=1S/C14H16N6/c15-5-9-19(10-6-16)13-3-1-2-4-14(13)20(11-7-17)12-8-18/h1-2,13-14H,3-4,9-12H2. The first-order valence-electron chi connectivity index (χ1n) is 6.39. The van der Waals surface area contributed by atoms with Crippen molar-refractivity contribution >= 4 is 0 Å². The maximum Gasteiger partial charge on any atom is 0.0877 e. The summed E-state index contributed by atoms with van der Waals surface area (Å²) in [5.74, 6) is 0. The summed E-state index contributed by atoms with van der Waals surface area (Å²) in [6.07, 6.45) is 5.50. The molecule has 0 saturated carbocycles. The summed E-state index contributed by atoms with van der Waals surface area (Å²) in [6.45, 7) is 0.704. The molecule has 1 aliphatic rings. The second-order valence-corrected chi connectivity index (χ2v) is 4.52. The van der Waals surface area contributed by atoms with Gasteiger partial charge in [-0.3, -0.25) is 9.80 Å². The molecule has 0 saturated heterocycles. The van der Waals surface area contributed by atoms with Crippen molar-refractivity contribution in [3.63, 3.8) is 0 Å². The zero-order valence-electron chi connectivity index (χ0n) is 11.2. The van der Waals surface area contributed by atoms with Crippen LogP contribution in [0.1, 0.15) is 12.8 Å². The second-order valence-electron chi connectivity index (χ2n) is 4.52. The van der Waals surface area contributed by atoms with Crippen LogP contribution in [0.15, 0.2) is 12.2 Å². The summed E-state index contributed by atoms with van der Waals surface area (Å²) in [7, 11) is 0. The van der Waals surface area contributed by atoms with Crippen LogP contribution < -0.4 is 0 Å². The van der Waals surface area contributed by atoms with Gasteiger partial charge in [0.1, 0.15) is 0 Å². The van der Waals surface area contributed by atoms with Gasteiger partial charge in [0.15, 0.2) is 0 Å². The van der Waals surface area contributed by atoms with E-state index in [0.29, 0.717) is 0 Å². The topological polar surface area (TPSA) is 102 Å². The van der Waals surface area contributed by atoms with Crippen LogP contribution in [0.5, 0.6) is 0 Å². The van der Waals surface area contributed by atoms with Crippen LogP contribution in [-0.4, -0.2) is 48.1 Å². The minimum Gasteiger partial charge on any atom is -0.273 e. The van der Waals surface area contributed by atoms with Gasteiger partial charge >= 0.3 is 0 Å². The van der Waals surface area contributed by atoms with Crippen LogP contribution in [0.2, 0.25) is 0 Å². The fourth-order valence-electron chi connectivity index (χ4n) is 2.51. The first-order chi connectivity index (χ1) is 9.78. The smallest absolute Gasteiger partial charge is 0.0877 e. The lowest BCUT2D eigenvalue weighted by molar-refractivity contribution is 0.109. The minimum atomic E-state index is -0.0130. The summed E-state index contributed by atoms with van der Waals surface area (Å²) < 4.78 is 0. The van der Waals surface area contributed by atoms with Crippen LogP contribution in [0.3, 0.4) is 0 Å². The molecule has 0 aromatic rings. The normalized spacial score (nSPS) is 20.9. The summed E-state index contributed by atoms with van der Waals surface area (Å²) in [6, 6.07) is 8.28. The van der Waals surface area contributed by atoms with E-state index < -0.39 is 0 Å². The summed E-state index contributed by atoms with van der Waals surface area (Å²) in [5.41, 5.74) is 0. The van der Waals surface area contributed by atoms with E-state index in [1.54, 1.807) is 0 Å². The molecule has 0 aromatic carbocycles. The van der Waals surface area contributed by atoms with E-state index in [4.69, 9.17) is 21.0 Å². The molecule has 0 aromatic heterocycles. The highest BCUT2D eigenvalue weighted by Crippen LogP contribution is 2.22. The Labute approximate surface area is 119 Å². The Bertz CT molecular complexity index is 420. The molecule has 2 unspecified atom stereocenters. The quantitative estimate of drug-likeness (QED) is 0.521. The molecular formula is C14H16N6. The van der Waals surface area contributed by atoms with Crippen molar-refractivity contribution in [1.82, 2.24) is 9.80 Å². The molecule has 0 N–H and O–H groups in total. The monoisotopic (exact) mass is 268 g/mol. The first kappa shape index (κ1) is 15.7. The lowest BCUT2D eigenvalue weighted by Crippen LogP contribution is -2.53. The van der Waals surface area contributed by atoms with Gasteiger partial charge in [-0.2, -0.15) is 21.0 Å². The first-order valence-corrected chi connectivity index (χ1v) is 6.39. The zero-order valence-corrected chi connectivity index (χ0v) is 11.2. The predicted molar refractivity (Wildman–Crippen MR) is 71.5 cm³/mol. The Kier molecular flexibility index (Phi) is 6.80. The third kappa shape index (κ3) is 4.08. The molecule has 0 aliphatic heterocycles. The molecule has 0 heterocycles. The van der Waals surface area contributed by atoms with E-state index in [9.17, 15) is 0 Å². The van der Waals surface area contributed by atoms with Crippen molar-refractivity contribution in [2.45, 2.75) is 24.9 Å². The minimum absolute atomic E-state index is 0.0130. The van der Waals surface area contributed by atoms with Gasteiger partial charge in [-0.15, -0.1) is 0 Å². The van der Waals surface area contributed by atoms with Crippen molar-refractivity contribution < 1.29 is 0 Å². The van der Waals surface area contributed by atoms with Gasteiger partial charge < -0.3 is 0 Å². The lowest BCUT2D eigenvalue weighted by atomic mass is 9.92. The second kappa shape index (κ2) is 8.68. The molecule has 0 amide bonds. The maximum atomic E-state index is 8.89. The van der Waals surface area contributed by atoms with Crippen molar-refractivity contribution in [3.05, 3.63) is 12.2 Å². The maximum absolute atomic E-state index is 8.89. The SMILES string of the molecule is N#CCN(CC#N)C1CC=CCC1N(CC#N)CC#N. The highest BCUT2D eigenvalue weighted by atomic mass is 15.2. The molecule has 0 bridgehead atoms. The van der Waals surface area contributed by atoms with Gasteiger partial charge in [0.2, 0.25) is 0 Å². The molecule has 0 spiro atoms. The van der Waals surface area contributed by atoms with E-state index in [1.807, 2.05) is 22.0 Å². The van der Waals surface area contributed by atoms with Crippen molar-refractivity contribution in [2.24, 2.45) is 0 Å². The Morgan fingerprint density at radius 2 is 1.00 bits per heavy atom. The summed E-state index contributed by atoms with van der Waals surface area (Å²) in [4.78, 5) is 3.63. The third-order valence-corrected chi connectivity index (χ3v) is 3.40. The zero-order chi connectivity index (χ0) is 14.8. The third-order valence-electron chi connectivity index (χ3n) is 3.40.